The van der Waals surface area contributed by atoms with Crippen LogP contribution in [0.15, 0.2) is 29.8 Å². The van der Waals surface area contributed by atoms with Crippen LogP contribution >= 0.6 is 0 Å². The fourth-order valence-corrected chi connectivity index (χ4v) is 1.11. The number of aromatic hydroxyl groups is 1. The third-order valence-electron chi connectivity index (χ3n) is 1.85. The number of carbonyl (C=O) groups excluding carboxylic acids is 1. The van der Waals surface area contributed by atoms with Gasteiger partial charge in [-0.05, 0) is 19.1 Å². The first-order chi connectivity index (χ1) is 7.69. The first kappa shape index (κ1) is 11.8. The summed E-state index contributed by atoms with van der Waals surface area (Å²) >= 11 is 0. The number of nitrogens with zero attached hydrogens (tertiary/aromatic N) is 1. The van der Waals surface area contributed by atoms with Crippen molar-refractivity contribution in [2.45, 2.75) is 6.92 Å². The van der Waals surface area contributed by atoms with Crippen molar-refractivity contribution in [3.63, 3.8) is 0 Å². The SMILES string of the molecule is CCOC(=O)/C(C#N)=C/c1ccccc1O. The first-order valence-corrected chi connectivity index (χ1v) is 4.76. The maximum absolute atomic E-state index is 11.3. The van der Waals surface area contributed by atoms with Crippen LogP contribution in [0.3, 0.4) is 0 Å². The second-order valence-corrected chi connectivity index (χ2v) is 2.95. The molecule has 0 saturated carbocycles. The molecule has 0 fully saturated rings. The van der Waals surface area contributed by atoms with Crippen LogP contribution in [-0.4, -0.2) is 17.7 Å². The molecule has 1 aromatic rings. The summed E-state index contributed by atoms with van der Waals surface area (Å²) in [4.78, 5) is 11.3. The van der Waals surface area contributed by atoms with Gasteiger partial charge in [-0.15, -0.1) is 0 Å². The van der Waals surface area contributed by atoms with Crippen LogP contribution in [0.5, 0.6) is 5.75 Å². The summed E-state index contributed by atoms with van der Waals surface area (Å²) in [5.74, 6) is -0.673. The molecule has 0 aliphatic heterocycles. The number of para-hydroxylation sites is 1. The Morgan fingerprint density at radius 1 is 1.56 bits per heavy atom. The van der Waals surface area contributed by atoms with E-state index in [0.717, 1.165) is 0 Å². The molecule has 16 heavy (non-hydrogen) atoms. The van der Waals surface area contributed by atoms with Crippen LogP contribution in [0.25, 0.3) is 6.08 Å². The number of esters is 1. The average Bonchev–Trinajstić information content (AvgIpc) is 2.28. The van der Waals surface area contributed by atoms with E-state index in [1.807, 2.05) is 0 Å². The topological polar surface area (TPSA) is 70.3 Å². The third-order valence-corrected chi connectivity index (χ3v) is 1.85. The second-order valence-electron chi connectivity index (χ2n) is 2.95. The number of carbonyl (C=O) groups is 1. The summed E-state index contributed by atoms with van der Waals surface area (Å²) in [5.41, 5.74) is 0.274. The molecule has 0 spiro atoms. The number of hydrogen-bond donors (Lipinski definition) is 1. The van der Waals surface area contributed by atoms with Gasteiger partial charge in [-0.3, -0.25) is 0 Å². The average molecular weight is 217 g/mol. The molecule has 4 heteroatoms. The van der Waals surface area contributed by atoms with E-state index >= 15 is 0 Å². The van der Waals surface area contributed by atoms with Gasteiger partial charge < -0.3 is 9.84 Å². The van der Waals surface area contributed by atoms with Crippen LogP contribution in [0, 0.1) is 11.3 Å². The Bertz CT molecular complexity index is 458. The zero-order valence-electron chi connectivity index (χ0n) is 8.80. The fraction of sp³-hybridized carbons (Fsp3) is 0.167. The van der Waals surface area contributed by atoms with Crippen LogP contribution in [0.4, 0.5) is 0 Å². The molecule has 0 saturated heterocycles. The lowest BCUT2D eigenvalue weighted by Crippen LogP contribution is -2.05. The van der Waals surface area contributed by atoms with Crippen molar-refractivity contribution in [1.29, 1.82) is 5.26 Å². The maximum Gasteiger partial charge on any atom is 0.348 e. The number of nitriles is 1. The van der Waals surface area contributed by atoms with E-state index in [0.29, 0.717) is 5.56 Å². The van der Waals surface area contributed by atoms with Gasteiger partial charge in [-0.2, -0.15) is 5.26 Å². The highest BCUT2D eigenvalue weighted by Crippen LogP contribution is 2.19. The molecule has 0 bridgehead atoms. The van der Waals surface area contributed by atoms with Gasteiger partial charge in [0.05, 0.1) is 6.61 Å². The lowest BCUT2D eigenvalue weighted by atomic mass is 10.1. The maximum atomic E-state index is 11.3. The highest BCUT2D eigenvalue weighted by molar-refractivity contribution is 5.98. The minimum atomic E-state index is -0.687. The van der Waals surface area contributed by atoms with Gasteiger partial charge in [0.2, 0.25) is 0 Å². The number of ether oxygens (including phenoxy) is 1. The van der Waals surface area contributed by atoms with Gasteiger partial charge in [0.1, 0.15) is 17.4 Å². The summed E-state index contributed by atoms with van der Waals surface area (Å²) in [6, 6.07) is 8.17. The highest BCUT2D eigenvalue weighted by atomic mass is 16.5. The molecule has 0 radical (unpaired) electrons. The number of hydrogen-bond acceptors (Lipinski definition) is 4. The first-order valence-electron chi connectivity index (χ1n) is 4.76. The van der Waals surface area contributed by atoms with Crippen LogP contribution in [-0.2, 0) is 9.53 Å². The van der Waals surface area contributed by atoms with Gasteiger partial charge >= 0.3 is 5.97 Å². The Hall–Kier alpha value is -2.28. The molecule has 0 aliphatic rings. The smallest absolute Gasteiger partial charge is 0.348 e. The zero-order chi connectivity index (χ0) is 12.0. The quantitative estimate of drug-likeness (QED) is 0.476. The van der Waals surface area contributed by atoms with Gasteiger partial charge in [0.15, 0.2) is 0 Å². The lowest BCUT2D eigenvalue weighted by molar-refractivity contribution is -0.137. The number of phenolic OH excluding ortho intramolecular Hbond substituents is 1. The Morgan fingerprint density at radius 3 is 2.81 bits per heavy atom. The second kappa shape index (κ2) is 5.56. The molecule has 0 aliphatic carbocycles. The fourth-order valence-electron chi connectivity index (χ4n) is 1.11. The van der Waals surface area contributed by atoms with Crippen molar-refractivity contribution in [2.75, 3.05) is 6.61 Å². The van der Waals surface area contributed by atoms with Crippen molar-refractivity contribution in [3.05, 3.63) is 35.4 Å². The van der Waals surface area contributed by atoms with E-state index < -0.39 is 5.97 Å². The number of phenols is 1. The molecule has 1 rings (SSSR count). The van der Waals surface area contributed by atoms with E-state index in [4.69, 9.17) is 10.00 Å². The van der Waals surface area contributed by atoms with Gasteiger partial charge in [0.25, 0.3) is 0 Å². The summed E-state index contributed by atoms with van der Waals surface area (Å²) in [5, 5.41) is 18.2. The molecule has 0 amide bonds. The van der Waals surface area contributed by atoms with E-state index in [9.17, 15) is 9.90 Å². The third kappa shape index (κ3) is 2.85. The molecule has 0 unspecified atom stereocenters. The highest BCUT2D eigenvalue weighted by Gasteiger charge is 2.10. The summed E-state index contributed by atoms with van der Waals surface area (Å²) in [6.45, 7) is 1.87. The number of rotatable bonds is 3. The van der Waals surface area contributed by atoms with E-state index in [1.54, 1.807) is 31.2 Å². The molecule has 82 valence electrons. The minimum absolute atomic E-state index is 0.0135. The van der Waals surface area contributed by atoms with Crippen molar-refractivity contribution in [2.24, 2.45) is 0 Å². The molecular formula is C12H11NO3. The molecule has 0 heterocycles. The van der Waals surface area contributed by atoms with Crippen LogP contribution in [0.2, 0.25) is 0 Å². The van der Waals surface area contributed by atoms with Crippen molar-refractivity contribution < 1.29 is 14.6 Å². The molecular weight excluding hydrogens is 206 g/mol. The predicted octanol–water partition coefficient (Wildman–Crippen LogP) is 1.86. The zero-order valence-corrected chi connectivity index (χ0v) is 8.80. The van der Waals surface area contributed by atoms with Gasteiger partial charge in [-0.1, -0.05) is 18.2 Å². The Balaban J connectivity index is 3.02. The molecule has 0 aromatic heterocycles. The minimum Gasteiger partial charge on any atom is -0.507 e. The van der Waals surface area contributed by atoms with Gasteiger partial charge in [0, 0.05) is 5.56 Å². The van der Waals surface area contributed by atoms with Crippen molar-refractivity contribution in [1.82, 2.24) is 0 Å². The molecule has 1 aromatic carbocycles. The monoisotopic (exact) mass is 217 g/mol. The van der Waals surface area contributed by atoms with Crippen molar-refractivity contribution >= 4 is 12.0 Å². The Labute approximate surface area is 93.4 Å². The van der Waals surface area contributed by atoms with E-state index in [-0.39, 0.29) is 17.9 Å². The van der Waals surface area contributed by atoms with E-state index in [1.165, 1.54) is 12.1 Å². The summed E-state index contributed by atoms with van der Waals surface area (Å²) < 4.78 is 4.70. The largest absolute Gasteiger partial charge is 0.507 e. The number of benzene rings is 1. The summed E-state index contributed by atoms with van der Waals surface area (Å²) in [7, 11) is 0. The molecule has 0 atom stereocenters. The Morgan fingerprint density at radius 2 is 2.25 bits per heavy atom. The Kier molecular flexibility index (Phi) is 4.10. The van der Waals surface area contributed by atoms with Crippen molar-refractivity contribution in [3.8, 4) is 11.8 Å². The van der Waals surface area contributed by atoms with Crippen LogP contribution < -0.4 is 0 Å². The summed E-state index contributed by atoms with van der Waals surface area (Å²) in [6.07, 6.45) is 1.30. The predicted molar refractivity (Wildman–Crippen MR) is 58.3 cm³/mol. The van der Waals surface area contributed by atoms with Gasteiger partial charge in [-0.25, -0.2) is 4.79 Å². The molecule has 4 nitrogen and oxygen atoms in total. The normalized spacial score (nSPS) is 10.6. The van der Waals surface area contributed by atoms with E-state index in [2.05, 4.69) is 0 Å². The lowest BCUT2D eigenvalue weighted by Gasteiger charge is -2.01. The van der Waals surface area contributed by atoms with Crippen LogP contribution in [0.1, 0.15) is 12.5 Å². The standard InChI is InChI=1S/C12H11NO3/c1-2-16-12(15)10(8-13)7-9-5-3-4-6-11(9)14/h3-7,14H,2H2,1H3/b10-7+. The molecule has 1 N–H and O–H groups in total.